The molecule has 4 rings (SSSR count). The topological polar surface area (TPSA) is 82.9 Å². The summed E-state index contributed by atoms with van der Waals surface area (Å²) in [6.45, 7) is 1.66. The van der Waals surface area contributed by atoms with Gasteiger partial charge in [-0.2, -0.15) is 0 Å². The second kappa shape index (κ2) is 7.66. The van der Waals surface area contributed by atoms with Crippen LogP contribution < -0.4 is 10.2 Å². The SMILES string of the molecule is CN(C)S(=O)(=O)c1ccc(C(=O)Nc2ccccc2N2CCc3sccc3C2)o1. The average Bonchev–Trinajstić information content (AvgIpc) is 3.37. The van der Waals surface area contributed by atoms with Crippen molar-refractivity contribution < 1.29 is 17.6 Å². The summed E-state index contributed by atoms with van der Waals surface area (Å²) in [5.74, 6) is -0.551. The number of anilines is 2. The molecule has 1 aliphatic heterocycles. The zero-order valence-corrected chi connectivity index (χ0v) is 17.7. The summed E-state index contributed by atoms with van der Waals surface area (Å²) in [7, 11) is -0.915. The van der Waals surface area contributed by atoms with Crippen molar-refractivity contribution in [3.8, 4) is 0 Å². The lowest BCUT2D eigenvalue weighted by Gasteiger charge is -2.30. The molecule has 0 aliphatic carbocycles. The maximum Gasteiger partial charge on any atom is 0.291 e. The number of hydrogen-bond acceptors (Lipinski definition) is 6. The van der Waals surface area contributed by atoms with Gasteiger partial charge >= 0.3 is 0 Å². The van der Waals surface area contributed by atoms with Gasteiger partial charge in [-0.1, -0.05) is 12.1 Å². The highest BCUT2D eigenvalue weighted by Crippen LogP contribution is 2.32. The van der Waals surface area contributed by atoms with E-state index in [2.05, 4.69) is 21.7 Å². The number of para-hydroxylation sites is 2. The molecule has 152 valence electrons. The minimum atomic E-state index is -3.73. The Morgan fingerprint density at radius 3 is 2.76 bits per heavy atom. The van der Waals surface area contributed by atoms with Crippen LogP contribution in [0.25, 0.3) is 0 Å². The summed E-state index contributed by atoms with van der Waals surface area (Å²) in [5, 5.41) is 4.70. The third kappa shape index (κ3) is 3.81. The number of rotatable bonds is 5. The number of nitrogens with one attached hydrogen (secondary N) is 1. The van der Waals surface area contributed by atoms with Crippen LogP contribution in [0.1, 0.15) is 21.0 Å². The maximum atomic E-state index is 12.7. The molecule has 1 amide bonds. The monoisotopic (exact) mass is 431 g/mol. The minimum Gasteiger partial charge on any atom is -0.438 e. The van der Waals surface area contributed by atoms with Gasteiger partial charge in [0.25, 0.3) is 15.9 Å². The zero-order chi connectivity index (χ0) is 20.6. The van der Waals surface area contributed by atoms with Crippen LogP contribution in [-0.4, -0.2) is 39.3 Å². The third-order valence-corrected chi connectivity index (χ3v) is 7.55. The van der Waals surface area contributed by atoms with Crippen LogP contribution in [0.3, 0.4) is 0 Å². The van der Waals surface area contributed by atoms with Gasteiger partial charge in [0.1, 0.15) is 0 Å². The molecule has 29 heavy (non-hydrogen) atoms. The predicted octanol–water partition coefficient (Wildman–Crippen LogP) is 3.41. The van der Waals surface area contributed by atoms with Gasteiger partial charge in [-0.3, -0.25) is 4.79 Å². The van der Waals surface area contributed by atoms with Crippen LogP contribution in [0, 0.1) is 0 Å². The number of carbonyl (C=O) groups excluding carboxylic acids is 1. The van der Waals surface area contributed by atoms with E-state index < -0.39 is 15.9 Å². The smallest absolute Gasteiger partial charge is 0.291 e. The maximum absolute atomic E-state index is 12.7. The van der Waals surface area contributed by atoms with Gasteiger partial charge < -0.3 is 14.6 Å². The van der Waals surface area contributed by atoms with Crippen LogP contribution in [0.2, 0.25) is 0 Å². The van der Waals surface area contributed by atoms with Gasteiger partial charge in [-0.25, -0.2) is 12.7 Å². The molecule has 7 nitrogen and oxygen atoms in total. The number of sulfonamides is 1. The molecule has 3 aromatic rings. The largest absolute Gasteiger partial charge is 0.438 e. The second-order valence-electron chi connectivity index (χ2n) is 6.92. The Bertz CT molecular complexity index is 1150. The van der Waals surface area contributed by atoms with Gasteiger partial charge in [0, 0.05) is 32.1 Å². The highest BCUT2D eigenvalue weighted by molar-refractivity contribution is 7.88. The Hall–Kier alpha value is -2.62. The number of furan rings is 1. The number of hydrogen-bond donors (Lipinski definition) is 1. The lowest BCUT2D eigenvalue weighted by Crippen LogP contribution is -2.30. The molecule has 1 aliphatic rings. The van der Waals surface area contributed by atoms with E-state index >= 15 is 0 Å². The van der Waals surface area contributed by atoms with Crippen LogP contribution in [0.15, 0.2) is 57.4 Å². The Kier molecular flexibility index (Phi) is 5.20. The van der Waals surface area contributed by atoms with Crippen molar-refractivity contribution in [2.75, 3.05) is 30.9 Å². The van der Waals surface area contributed by atoms with Crippen molar-refractivity contribution in [3.05, 3.63) is 64.0 Å². The van der Waals surface area contributed by atoms with Gasteiger partial charge in [-0.15, -0.1) is 11.3 Å². The molecule has 0 saturated heterocycles. The van der Waals surface area contributed by atoms with Crippen molar-refractivity contribution in [1.29, 1.82) is 0 Å². The van der Waals surface area contributed by atoms with E-state index in [4.69, 9.17) is 4.42 Å². The zero-order valence-electron chi connectivity index (χ0n) is 16.1. The number of fused-ring (bicyclic) bond motifs is 1. The fraction of sp³-hybridized carbons (Fsp3) is 0.250. The minimum absolute atomic E-state index is 0.0565. The van der Waals surface area contributed by atoms with Crippen molar-refractivity contribution in [2.24, 2.45) is 0 Å². The van der Waals surface area contributed by atoms with Crippen molar-refractivity contribution in [3.63, 3.8) is 0 Å². The van der Waals surface area contributed by atoms with Crippen molar-refractivity contribution in [2.45, 2.75) is 18.1 Å². The number of thiophene rings is 1. The molecule has 0 unspecified atom stereocenters. The first-order valence-electron chi connectivity index (χ1n) is 9.09. The Labute approximate surface area is 173 Å². The molecule has 0 atom stereocenters. The van der Waals surface area contributed by atoms with Gasteiger partial charge in [-0.05, 0) is 47.7 Å². The second-order valence-corrected chi connectivity index (χ2v) is 10.0. The molecular formula is C20H21N3O4S2. The van der Waals surface area contributed by atoms with Crippen LogP contribution >= 0.6 is 11.3 Å². The fourth-order valence-electron chi connectivity index (χ4n) is 3.25. The predicted molar refractivity (Wildman–Crippen MR) is 113 cm³/mol. The van der Waals surface area contributed by atoms with E-state index in [9.17, 15) is 13.2 Å². The Morgan fingerprint density at radius 2 is 1.97 bits per heavy atom. The number of carbonyl (C=O) groups is 1. The van der Waals surface area contributed by atoms with E-state index in [0.717, 1.165) is 29.5 Å². The summed E-state index contributed by atoms with van der Waals surface area (Å²) in [4.78, 5) is 16.3. The van der Waals surface area contributed by atoms with E-state index in [-0.39, 0.29) is 10.9 Å². The van der Waals surface area contributed by atoms with Crippen LogP contribution in [-0.2, 0) is 23.0 Å². The average molecular weight is 432 g/mol. The molecule has 2 aromatic heterocycles. The Morgan fingerprint density at radius 1 is 1.17 bits per heavy atom. The van der Waals surface area contributed by atoms with Crippen molar-refractivity contribution in [1.82, 2.24) is 4.31 Å². The molecule has 0 bridgehead atoms. The highest BCUT2D eigenvalue weighted by atomic mass is 32.2. The highest BCUT2D eigenvalue weighted by Gasteiger charge is 2.24. The molecular weight excluding hydrogens is 410 g/mol. The summed E-state index contributed by atoms with van der Waals surface area (Å²) in [6, 6.07) is 12.4. The van der Waals surface area contributed by atoms with E-state index in [1.807, 2.05) is 24.3 Å². The fourth-order valence-corrected chi connectivity index (χ4v) is 4.94. The first-order valence-corrected chi connectivity index (χ1v) is 11.4. The first kappa shape index (κ1) is 19.7. The molecule has 0 radical (unpaired) electrons. The summed E-state index contributed by atoms with van der Waals surface area (Å²) >= 11 is 1.78. The molecule has 0 fully saturated rings. The van der Waals surface area contributed by atoms with Gasteiger partial charge in [0.05, 0.1) is 11.4 Å². The number of benzene rings is 1. The normalized spacial score (nSPS) is 14.1. The third-order valence-electron chi connectivity index (χ3n) is 4.84. The number of nitrogens with zero attached hydrogens (tertiary/aromatic N) is 2. The molecule has 1 aromatic carbocycles. The summed E-state index contributed by atoms with van der Waals surface area (Å²) in [6.07, 6.45) is 0.971. The summed E-state index contributed by atoms with van der Waals surface area (Å²) in [5.41, 5.74) is 2.89. The molecule has 0 saturated carbocycles. The van der Waals surface area contributed by atoms with E-state index in [1.165, 1.54) is 36.7 Å². The lowest BCUT2D eigenvalue weighted by atomic mass is 10.1. The molecule has 3 heterocycles. The molecule has 1 N–H and O–H groups in total. The Balaban J connectivity index is 1.55. The van der Waals surface area contributed by atoms with Crippen LogP contribution in [0.5, 0.6) is 0 Å². The number of amides is 1. The standard InChI is InChI=1S/C20H21N3O4S2/c1-22(2)29(25,26)19-8-7-17(27-19)20(24)21-15-5-3-4-6-16(15)23-11-9-18-14(13-23)10-12-28-18/h3-8,10,12H,9,11,13H2,1-2H3,(H,21,24). The molecule has 9 heteroatoms. The van der Waals surface area contributed by atoms with Crippen molar-refractivity contribution >= 4 is 38.6 Å². The van der Waals surface area contributed by atoms with Gasteiger partial charge in [0.15, 0.2) is 5.76 Å². The van der Waals surface area contributed by atoms with Crippen LogP contribution in [0.4, 0.5) is 11.4 Å². The first-order chi connectivity index (χ1) is 13.9. The van der Waals surface area contributed by atoms with E-state index in [1.54, 1.807) is 11.3 Å². The molecule has 0 spiro atoms. The van der Waals surface area contributed by atoms with E-state index in [0.29, 0.717) is 5.69 Å². The lowest BCUT2D eigenvalue weighted by molar-refractivity contribution is 0.0991. The summed E-state index contributed by atoms with van der Waals surface area (Å²) < 4.78 is 30.7. The van der Waals surface area contributed by atoms with Gasteiger partial charge in [0.2, 0.25) is 5.09 Å². The quantitative estimate of drug-likeness (QED) is 0.669.